The van der Waals surface area contributed by atoms with Crippen molar-refractivity contribution in [3.05, 3.63) is 45.8 Å². The van der Waals surface area contributed by atoms with E-state index < -0.39 is 10.0 Å². The number of aryl methyl sites for hydroxylation is 2. The number of amides is 1. The quantitative estimate of drug-likeness (QED) is 0.732. The highest BCUT2D eigenvalue weighted by atomic mass is 32.2. The summed E-state index contributed by atoms with van der Waals surface area (Å²) >= 11 is 1.30. The predicted molar refractivity (Wildman–Crippen MR) is 99.7 cm³/mol. The molecule has 9 heteroatoms. The van der Waals surface area contributed by atoms with Crippen LogP contribution < -0.4 is 10.0 Å². The predicted octanol–water partition coefficient (Wildman–Crippen LogP) is 2.33. The molecule has 1 aromatic heterocycles. The molecule has 0 spiro atoms. The summed E-state index contributed by atoms with van der Waals surface area (Å²) in [5, 5.41) is 12.7. The van der Waals surface area contributed by atoms with E-state index >= 15 is 0 Å². The fraction of sp³-hybridized carbons (Fsp3) is 0.312. The molecule has 134 valence electrons. The molecule has 0 atom stereocenters. The van der Waals surface area contributed by atoms with Crippen molar-refractivity contribution >= 4 is 38.5 Å². The van der Waals surface area contributed by atoms with Crippen LogP contribution in [0.25, 0.3) is 6.08 Å². The van der Waals surface area contributed by atoms with Gasteiger partial charge in [0.2, 0.25) is 21.1 Å². The van der Waals surface area contributed by atoms with Crippen molar-refractivity contribution in [2.24, 2.45) is 0 Å². The summed E-state index contributed by atoms with van der Waals surface area (Å²) in [5.74, 6) is -0.316. The average molecular weight is 380 g/mol. The van der Waals surface area contributed by atoms with Crippen molar-refractivity contribution < 1.29 is 13.2 Å². The molecule has 0 bridgehead atoms. The molecule has 0 unspecified atom stereocenters. The smallest absolute Gasteiger partial charge is 0.233 e. The Hall–Kier alpha value is -2.10. The van der Waals surface area contributed by atoms with E-state index in [9.17, 15) is 13.2 Å². The first-order valence-corrected chi connectivity index (χ1v) is 10.1. The lowest BCUT2D eigenvalue weighted by Gasteiger charge is -2.03. The number of nitrogens with one attached hydrogen (secondary N) is 2. The number of hydrogen-bond acceptors (Lipinski definition) is 6. The second-order valence-corrected chi connectivity index (χ2v) is 8.02. The third kappa shape index (κ3) is 6.73. The van der Waals surface area contributed by atoms with Crippen LogP contribution in [0.2, 0.25) is 0 Å². The van der Waals surface area contributed by atoms with Gasteiger partial charge in [0.05, 0.1) is 0 Å². The average Bonchev–Trinajstić information content (AvgIpc) is 3.02. The first-order chi connectivity index (χ1) is 11.9. The van der Waals surface area contributed by atoms with Gasteiger partial charge in [-0.05, 0) is 25.0 Å². The van der Waals surface area contributed by atoms with Crippen LogP contribution in [-0.2, 0) is 21.2 Å². The Bertz CT molecular complexity index is 843. The number of hydrogen-bond donors (Lipinski definition) is 2. The van der Waals surface area contributed by atoms with Crippen molar-refractivity contribution in [2.75, 3.05) is 11.9 Å². The van der Waals surface area contributed by atoms with Gasteiger partial charge in [0.15, 0.2) is 0 Å². The molecule has 2 rings (SSSR count). The van der Waals surface area contributed by atoms with Crippen LogP contribution in [0.4, 0.5) is 5.13 Å². The van der Waals surface area contributed by atoms with Gasteiger partial charge in [0.1, 0.15) is 5.01 Å². The van der Waals surface area contributed by atoms with Crippen molar-refractivity contribution in [3.8, 4) is 0 Å². The number of carbonyl (C=O) groups excluding carboxylic acids is 1. The molecule has 1 amide bonds. The number of rotatable bonds is 8. The molecule has 1 heterocycles. The number of benzene rings is 1. The van der Waals surface area contributed by atoms with Crippen LogP contribution in [0.15, 0.2) is 29.7 Å². The van der Waals surface area contributed by atoms with Crippen LogP contribution in [-0.4, -0.2) is 31.1 Å². The van der Waals surface area contributed by atoms with Crippen molar-refractivity contribution in [1.82, 2.24) is 14.9 Å². The molecule has 2 aromatic rings. The molecule has 0 aliphatic rings. The van der Waals surface area contributed by atoms with Gasteiger partial charge in [-0.1, -0.05) is 48.1 Å². The van der Waals surface area contributed by atoms with E-state index in [0.717, 1.165) is 28.0 Å². The van der Waals surface area contributed by atoms with Gasteiger partial charge in [-0.3, -0.25) is 4.79 Å². The highest BCUT2D eigenvalue weighted by Gasteiger charge is 2.09. The van der Waals surface area contributed by atoms with E-state index in [1.165, 1.54) is 17.4 Å². The Kier molecular flexibility index (Phi) is 6.80. The monoisotopic (exact) mass is 380 g/mol. The van der Waals surface area contributed by atoms with Crippen LogP contribution in [0.3, 0.4) is 0 Å². The van der Waals surface area contributed by atoms with E-state index in [1.807, 2.05) is 38.1 Å². The van der Waals surface area contributed by atoms with E-state index in [-0.39, 0.29) is 18.9 Å². The van der Waals surface area contributed by atoms with E-state index in [0.29, 0.717) is 5.13 Å². The summed E-state index contributed by atoms with van der Waals surface area (Å²) < 4.78 is 26.2. The fourth-order valence-electron chi connectivity index (χ4n) is 1.83. The summed E-state index contributed by atoms with van der Waals surface area (Å²) in [6.07, 6.45) is 2.27. The van der Waals surface area contributed by atoms with Gasteiger partial charge in [0, 0.05) is 18.4 Å². The number of nitrogens with zero attached hydrogens (tertiary/aromatic N) is 2. The van der Waals surface area contributed by atoms with Gasteiger partial charge in [0.25, 0.3) is 0 Å². The van der Waals surface area contributed by atoms with E-state index in [1.54, 1.807) is 0 Å². The second-order valence-electron chi connectivity index (χ2n) is 5.31. The van der Waals surface area contributed by atoms with E-state index in [2.05, 4.69) is 20.2 Å². The molecule has 7 nitrogen and oxygen atoms in total. The zero-order chi connectivity index (χ0) is 18.3. The Balaban J connectivity index is 1.79. The largest absolute Gasteiger partial charge is 0.300 e. The molecule has 0 saturated carbocycles. The Morgan fingerprint density at radius 2 is 1.96 bits per heavy atom. The Morgan fingerprint density at radius 1 is 1.24 bits per heavy atom. The molecule has 0 fully saturated rings. The zero-order valence-corrected chi connectivity index (χ0v) is 15.7. The maximum absolute atomic E-state index is 11.9. The van der Waals surface area contributed by atoms with Crippen molar-refractivity contribution in [1.29, 1.82) is 0 Å². The van der Waals surface area contributed by atoms with E-state index in [4.69, 9.17) is 0 Å². The first-order valence-electron chi connectivity index (χ1n) is 7.74. The van der Waals surface area contributed by atoms with Crippen LogP contribution in [0.5, 0.6) is 0 Å². The van der Waals surface area contributed by atoms with Crippen molar-refractivity contribution in [3.63, 3.8) is 0 Å². The summed E-state index contributed by atoms with van der Waals surface area (Å²) in [6.45, 7) is 3.92. The standard InChI is InChI=1S/C16H20N4O3S2/c1-3-15-19-20-16(24-15)18-14(21)8-10-17-25(22,23)11-9-13-6-4-12(2)5-7-13/h4-7,9,11,17H,3,8,10H2,1-2H3,(H,18,20,21). The molecule has 1 aromatic carbocycles. The molecule has 0 saturated heterocycles. The normalized spacial score (nSPS) is 11.8. The minimum Gasteiger partial charge on any atom is -0.300 e. The third-order valence-electron chi connectivity index (χ3n) is 3.19. The van der Waals surface area contributed by atoms with Gasteiger partial charge < -0.3 is 5.32 Å². The molecule has 2 N–H and O–H groups in total. The van der Waals surface area contributed by atoms with Crippen LogP contribution in [0.1, 0.15) is 29.5 Å². The topological polar surface area (TPSA) is 101 Å². The lowest BCUT2D eigenvalue weighted by molar-refractivity contribution is -0.116. The molecule has 0 radical (unpaired) electrons. The number of anilines is 1. The SMILES string of the molecule is CCc1nnc(NC(=O)CCNS(=O)(=O)C=Cc2ccc(C)cc2)s1. The first kappa shape index (κ1) is 19.2. The van der Waals surface area contributed by atoms with Gasteiger partial charge in [-0.2, -0.15) is 0 Å². The minimum absolute atomic E-state index is 0.00580. The lowest BCUT2D eigenvalue weighted by atomic mass is 10.2. The fourth-order valence-corrected chi connectivity index (χ4v) is 3.34. The lowest BCUT2D eigenvalue weighted by Crippen LogP contribution is -2.26. The number of sulfonamides is 1. The highest BCUT2D eigenvalue weighted by molar-refractivity contribution is 7.92. The number of carbonyl (C=O) groups is 1. The summed E-state index contributed by atoms with van der Waals surface area (Å²) in [6, 6.07) is 7.48. The number of aromatic nitrogens is 2. The summed E-state index contributed by atoms with van der Waals surface area (Å²) in [5.41, 5.74) is 1.89. The van der Waals surface area contributed by atoms with Crippen LogP contribution >= 0.6 is 11.3 Å². The molecule has 25 heavy (non-hydrogen) atoms. The maximum atomic E-state index is 11.9. The van der Waals surface area contributed by atoms with Crippen LogP contribution in [0, 0.1) is 6.92 Å². The van der Waals surface area contributed by atoms with Gasteiger partial charge in [-0.25, -0.2) is 13.1 Å². The minimum atomic E-state index is -3.59. The summed E-state index contributed by atoms with van der Waals surface area (Å²) in [4.78, 5) is 11.8. The molecule has 0 aliphatic carbocycles. The van der Waals surface area contributed by atoms with Gasteiger partial charge in [-0.15, -0.1) is 10.2 Å². The van der Waals surface area contributed by atoms with Gasteiger partial charge >= 0.3 is 0 Å². The molecular weight excluding hydrogens is 360 g/mol. The summed E-state index contributed by atoms with van der Waals surface area (Å²) in [7, 11) is -3.59. The molecule has 0 aliphatic heterocycles. The molecular formula is C16H20N4O3S2. The maximum Gasteiger partial charge on any atom is 0.233 e. The van der Waals surface area contributed by atoms with Crippen molar-refractivity contribution in [2.45, 2.75) is 26.7 Å². The zero-order valence-electron chi connectivity index (χ0n) is 14.0. The third-order valence-corrected chi connectivity index (χ3v) is 5.27. The highest BCUT2D eigenvalue weighted by Crippen LogP contribution is 2.15. The second kappa shape index (κ2) is 8.84. The Morgan fingerprint density at radius 3 is 2.60 bits per heavy atom. The Labute approximate surface area is 151 Å².